The van der Waals surface area contributed by atoms with E-state index >= 15 is 0 Å². The first-order valence-corrected chi connectivity index (χ1v) is 10.6. The second-order valence-corrected chi connectivity index (χ2v) is 7.80. The van der Waals surface area contributed by atoms with Crippen LogP contribution < -0.4 is 11.2 Å². The number of nitrogens with one attached hydrogen (secondary N) is 1. The van der Waals surface area contributed by atoms with Crippen LogP contribution in [-0.2, 0) is 9.57 Å². The number of aliphatic hydroxyl groups is 1. The van der Waals surface area contributed by atoms with Gasteiger partial charge in [-0.1, -0.05) is 18.7 Å². The molecule has 0 fully saturated rings. The van der Waals surface area contributed by atoms with E-state index in [-0.39, 0.29) is 12.5 Å². The number of rotatable bonds is 10. The summed E-state index contributed by atoms with van der Waals surface area (Å²) in [5.41, 5.74) is 3.55. The maximum Gasteiger partial charge on any atom is 0.137 e. The summed E-state index contributed by atoms with van der Waals surface area (Å²) in [4.78, 5) is 22.9. The molecule has 0 bridgehead atoms. The van der Waals surface area contributed by atoms with E-state index in [4.69, 9.17) is 25.4 Å². The molecule has 0 aliphatic heterocycles. The Hall–Kier alpha value is -3.40. The van der Waals surface area contributed by atoms with Crippen molar-refractivity contribution in [1.82, 2.24) is 25.3 Å². The van der Waals surface area contributed by atoms with Crippen molar-refractivity contribution in [3.8, 4) is 11.3 Å². The van der Waals surface area contributed by atoms with Gasteiger partial charge in [-0.25, -0.2) is 19.9 Å². The lowest BCUT2D eigenvalue weighted by Gasteiger charge is -2.21. The Bertz CT molecular complexity index is 1070. The van der Waals surface area contributed by atoms with Gasteiger partial charge in [-0.05, 0) is 38.6 Å². The Morgan fingerprint density at radius 3 is 2.73 bits per heavy atom. The molecule has 0 saturated carbocycles. The summed E-state index contributed by atoms with van der Waals surface area (Å²) in [5, 5.41) is 12.9. The van der Waals surface area contributed by atoms with Crippen LogP contribution in [0, 0.1) is 0 Å². The molecule has 33 heavy (non-hydrogen) atoms. The van der Waals surface area contributed by atoms with Crippen LogP contribution in [0.4, 0.5) is 0 Å². The van der Waals surface area contributed by atoms with Crippen molar-refractivity contribution in [2.75, 3.05) is 20.2 Å². The smallest absolute Gasteiger partial charge is 0.137 e. The van der Waals surface area contributed by atoms with Gasteiger partial charge < -0.3 is 20.0 Å². The molecule has 174 valence electrons. The van der Waals surface area contributed by atoms with E-state index < -0.39 is 6.10 Å². The van der Waals surface area contributed by atoms with Gasteiger partial charge in [0.05, 0.1) is 17.1 Å². The van der Waals surface area contributed by atoms with Crippen molar-refractivity contribution in [3.05, 3.63) is 78.2 Å². The Labute approximate surface area is 193 Å². The highest BCUT2D eigenvalue weighted by Gasteiger charge is 2.22. The van der Waals surface area contributed by atoms with Crippen molar-refractivity contribution in [1.29, 1.82) is 0 Å². The standard InChI is InChI=1S/C24H30N6O3/c1-15(2)23(16(3)33-25)22-9-21(18-10-27-14-28-11-18)29-24(30-22)17-6-5-7-20(8-17)32-13-19(31)12-26-4/h5-7,9-11,14,17,19,26,31H,1,8,12-13,25H2,2-4H3/b23-16+. The summed E-state index contributed by atoms with van der Waals surface area (Å²) >= 11 is 0. The molecular weight excluding hydrogens is 420 g/mol. The zero-order valence-electron chi connectivity index (χ0n) is 19.2. The van der Waals surface area contributed by atoms with Crippen molar-refractivity contribution in [2.45, 2.75) is 32.3 Å². The first-order chi connectivity index (χ1) is 15.9. The van der Waals surface area contributed by atoms with Crippen molar-refractivity contribution in [2.24, 2.45) is 5.90 Å². The molecule has 1 aliphatic rings. The third-order valence-corrected chi connectivity index (χ3v) is 5.09. The van der Waals surface area contributed by atoms with Crippen LogP contribution in [-0.4, -0.2) is 51.3 Å². The maximum atomic E-state index is 9.95. The molecule has 3 rings (SSSR count). The fraction of sp³-hybridized carbons (Fsp3) is 0.333. The Morgan fingerprint density at radius 1 is 1.30 bits per heavy atom. The number of hydrogen-bond acceptors (Lipinski definition) is 9. The van der Waals surface area contributed by atoms with E-state index in [1.807, 2.05) is 31.2 Å². The summed E-state index contributed by atoms with van der Waals surface area (Å²) < 4.78 is 5.82. The lowest BCUT2D eigenvalue weighted by molar-refractivity contribution is 0.0685. The van der Waals surface area contributed by atoms with Gasteiger partial charge in [-0.3, -0.25) is 0 Å². The highest BCUT2D eigenvalue weighted by Crippen LogP contribution is 2.32. The molecule has 2 atom stereocenters. The van der Waals surface area contributed by atoms with Crippen LogP contribution in [0.3, 0.4) is 0 Å². The van der Waals surface area contributed by atoms with Crippen molar-refractivity contribution < 1.29 is 14.7 Å². The highest BCUT2D eigenvalue weighted by atomic mass is 16.6. The molecule has 0 aromatic carbocycles. The fourth-order valence-electron chi connectivity index (χ4n) is 3.53. The van der Waals surface area contributed by atoms with E-state index in [0.29, 0.717) is 41.5 Å². The van der Waals surface area contributed by atoms with Crippen LogP contribution in [0.5, 0.6) is 0 Å². The molecule has 9 heteroatoms. The molecule has 2 unspecified atom stereocenters. The van der Waals surface area contributed by atoms with Crippen LogP contribution in [0.25, 0.3) is 16.8 Å². The zero-order chi connectivity index (χ0) is 23.8. The van der Waals surface area contributed by atoms with Crippen molar-refractivity contribution >= 4 is 5.57 Å². The Kier molecular flexibility index (Phi) is 8.42. The van der Waals surface area contributed by atoms with Crippen LogP contribution in [0.15, 0.2) is 66.7 Å². The summed E-state index contributed by atoms with van der Waals surface area (Å²) in [5.74, 6) is 7.20. The lowest BCUT2D eigenvalue weighted by Crippen LogP contribution is -2.28. The first-order valence-electron chi connectivity index (χ1n) is 10.6. The molecule has 1 aliphatic carbocycles. The van der Waals surface area contributed by atoms with Crippen LogP contribution in [0.2, 0.25) is 0 Å². The summed E-state index contributed by atoms with van der Waals surface area (Å²) in [6, 6.07) is 1.85. The summed E-state index contributed by atoms with van der Waals surface area (Å²) in [6.07, 6.45) is 10.7. The molecule has 2 heterocycles. The minimum atomic E-state index is -0.591. The Morgan fingerprint density at radius 2 is 2.06 bits per heavy atom. The number of nitrogens with zero attached hydrogens (tertiary/aromatic N) is 4. The van der Waals surface area contributed by atoms with Gasteiger partial charge in [0.1, 0.15) is 30.6 Å². The summed E-state index contributed by atoms with van der Waals surface area (Å²) in [6.45, 7) is 8.36. The van der Waals surface area contributed by atoms with E-state index in [1.54, 1.807) is 26.4 Å². The van der Waals surface area contributed by atoms with Gasteiger partial charge in [-0.2, -0.15) is 5.90 Å². The second kappa shape index (κ2) is 11.5. The first kappa shape index (κ1) is 24.2. The number of aliphatic hydroxyl groups excluding tert-OH is 1. The van der Waals surface area contributed by atoms with Gasteiger partial charge >= 0.3 is 0 Å². The van der Waals surface area contributed by atoms with Gasteiger partial charge in [0.15, 0.2) is 0 Å². The highest BCUT2D eigenvalue weighted by molar-refractivity contribution is 5.79. The van der Waals surface area contributed by atoms with Gasteiger partial charge in [0, 0.05) is 42.4 Å². The average molecular weight is 451 g/mol. The fourth-order valence-corrected chi connectivity index (χ4v) is 3.53. The lowest BCUT2D eigenvalue weighted by atomic mass is 9.97. The number of aromatic nitrogens is 4. The normalized spacial score (nSPS) is 17.1. The predicted octanol–water partition coefficient (Wildman–Crippen LogP) is 2.66. The van der Waals surface area contributed by atoms with Gasteiger partial charge in [0.2, 0.25) is 0 Å². The maximum absolute atomic E-state index is 9.95. The number of likely N-dealkylation sites (N-methyl/N-ethyl adjacent to an activating group) is 1. The molecule has 4 N–H and O–H groups in total. The summed E-state index contributed by atoms with van der Waals surface area (Å²) in [7, 11) is 1.78. The van der Waals surface area contributed by atoms with E-state index in [2.05, 4.69) is 21.9 Å². The molecule has 2 aromatic heterocycles. The SMILES string of the molecule is C=C(C)/C(=C(/C)ON)c1cc(-c2cncnc2)nc(C2C=CC=C(OCC(O)CNC)C2)n1. The number of ether oxygens (including phenoxy) is 1. The molecule has 0 amide bonds. The molecule has 0 radical (unpaired) electrons. The number of allylic oxidation sites excluding steroid dienone is 7. The average Bonchev–Trinajstić information content (AvgIpc) is 2.83. The number of nitrogens with two attached hydrogens (primary N) is 1. The van der Waals surface area contributed by atoms with Crippen molar-refractivity contribution in [3.63, 3.8) is 0 Å². The van der Waals surface area contributed by atoms with Gasteiger partial charge in [-0.15, -0.1) is 0 Å². The zero-order valence-corrected chi connectivity index (χ0v) is 19.2. The van der Waals surface area contributed by atoms with Crippen LogP contribution >= 0.6 is 0 Å². The largest absolute Gasteiger partial charge is 0.495 e. The number of hydrogen-bond donors (Lipinski definition) is 3. The topological polar surface area (TPSA) is 128 Å². The van der Waals surface area contributed by atoms with E-state index in [0.717, 1.165) is 16.9 Å². The van der Waals surface area contributed by atoms with Crippen LogP contribution in [0.1, 0.15) is 37.7 Å². The predicted molar refractivity (Wildman–Crippen MR) is 126 cm³/mol. The monoisotopic (exact) mass is 450 g/mol. The minimum absolute atomic E-state index is 0.125. The molecule has 0 spiro atoms. The van der Waals surface area contributed by atoms with E-state index in [9.17, 15) is 5.11 Å². The quantitative estimate of drug-likeness (QED) is 0.284. The Balaban J connectivity index is 1.97. The molecule has 9 nitrogen and oxygen atoms in total. The molecular formula is C24H30N6O3. The second-order valence-electron chi connectivity index (χ2n) is 7.80. The van der Waals surface area contributed by atoms with Gasteiger partial charge in [0.25, 0.3) is 0 Å². The molecule has 0 saturated heterocycles. The third kappa shape index (κ3) is 6.32. The van der Waals surface area contributed by atoms with E-state index in [1.165, 1.54) is 6.33 Å². The molecule has 2 aromatic rings. The third-order valence-electron chi connectivity index (χ3n) is 5.09. The minimum Gasteiger partial charge on any atom is -0.495 e.